The van der Waals surface area contributed by atoms with Gasteiger partial charge in [0, 0.05) is 36.3 Å². The number of halogens is 8. The quantitative estimate of drug-likeness (QED) is 0.155. The van der Waals surface area contributed by atoms with E-state index in [4.69, 9.17) is 9.47 Å². The van der Waals surface area contributed by atoms with Crippen molar-refractivity contribution in [1.29, 1.82) is 0 Å². The van der Waals surface area contributed by atoms with Gasteiger partial charge in [0.25, 0.3) is 0 Å². The predicted octanol–water partition coefficient (Wildman–Crippen LogP) is 5.92. The van der Waals surface area contributed by atoms with Crippen molar-refractivity contribution in [2.45, 2.75) is 23.4 Å². The molecule has 3 aromatic rings. The molecule has 0 unspecified atom stereocenters. The van der Waals surface area contributed by atoms with Crippen molar-refractivity contribution in [3.05, 3.63) is 82.2 Å². The molecular weight excluding hydrogens is 590 g/mol. The van der Waals surface area contributed by atoms with Gasteiger partial charge in [-0.15, -0.1) is 0 Å². The van der Waals surface area contributed by atoms with Gasteiger partial charge in [-0.05, 0) is 30.2 Å². The van der Waals surface area contributed by atoms with Crippen molar-refractivity contribution < 1.29 is 57.2 Å². The molecule has 1 saturated heterocycles. The van der Waals surface area contributed by atoms with Gasteiger partial charge in [0.05, 0.1) is 25.4 Å². The number of ether oxygens (including phenoxy) is 2. The molecule has 15 heteroatoms. The number of benzene rings is 3. The Kier molecular flexibility index (Phi) is 7.53. The van der Waals surface area contributed by atoms with Gasteiger partial charge in [0.15, 0.2) is 0 Å². The van der Waals surface area contributed by atoms with Crippen LogP contribution in [0.4, 0.5) is 40.8 Å². The summed E-state index contributed by atoms with van der Waals surface area (Å²) in [6, 6.07) is 6.55. The van der Waals surface area contributed by atoms with Gasteiger partial charge in [-0.3, -0.25) is 0 Å². The molecule has 41 heavy (non-hydrogen) atoms. The van der Waals surface area contributed by atoms with Crippen LogP contribution < -0.4 is 13.8 Å². The molecule has 2 aliphatic heterocycles. The van der Waals surface area contributed by atoms with Gasteiger partial charge >= 0.3 is 16.3 Å². The third kappa shape index (κ3) is 5.39. The average Bonchev–Trinajstić information content (AvgIpc) is 2.96. The van der Waals surface area contributed by atoms with Crippen LogP contribution in [0.25, 0.3) is 0 Å². The Morgan fingerprint density at radius 2 is 1.41 bits per heavy atom. The fourth-order valence-electron chi connectivity index (χ4n) is 4.76. The van der Waals surface area contributed by atoms with E-state index >= 15 is 0 Å². The number of rotatable bonds is 5. The Morgan fingerprint density at radius 3 is 2.05 bits per heavy atom. The zero-order valence-electron chi connectivity index (χ0n) is 20.7. The monoisotopic (exact) mass is 609 g/mol. The second-order valence-corrected chi connectivity index (χ2v) is 10.7. The normalized spacial score (nSPS) is 17.7. The lowest BCUT2D eigenvalue weighted by Crippen LogP contribution is -2.37. The summed E-state index contributed by atoms with van der Waals surface area (Å²) >= 11 is 0. The second kappa shape index (κ2) is 10.7. The largest absolute Gasteiger partial charge is 0.493 e. The van der Waals surface area contributed by atoms with Gasteiger partial charge in [0.2, 0.25) is 34.8 Å². The molecule has 0 spiro atoms. The van der Waals surface area contributed by atoms with E-state index < -0.39 is 67.5 Å². The number of anilines is 1. The molecule has 2 heterocycles. The maximum absolute atomic E-state index is 14.0. The van der Waals surface area contributed by atoms with E-state index in [-0.39, 0.29) is 12.4 Å². The highest BCUT2D eigenvalue weighted by molar-refractivity contribution is 7.87. The highest BCUT2D eigenvalue weighted by atomic mass is 32.2. The molecule has 2 aliphatic rings. The SMILES string of the molecule is O=S(=O)(Oc1c(F)c(F)c(F)c(F)c1F)c1ccc2c(c1)OCC[C@H]2c1ccc(C(F)(F)F)cc1N1CCOCC1. The molecular formula is C26H19F8NO5S. The van der Waals surface area contributed by atoms with E-state index in [2.05, 4.69) is 4.18 Å². The highest BCUT2D eigenvalue weighted by Gasteiger charge is 2.35. The fourth-order valence-corrected chi connectivity index (χ4v) is 5.70. The molecule has 0 saturated carbocycles. The zero-order chi connectivity index (χ0) is 29.7. The first kappa shape index (κ1) is 28.9. The number of hydrogen-bond donors (Lipinski definition) is 0. The number of nitrogens with zero attached hydrogens (tertiary/aromatic N) is 1. The minimum absolute atomic E-state index is 0.0174. The third-order valence-electron chi connectivity index (χ3n) is 6.76. The van der Waals surface area contributed by atoms with Crippen LogP contribution in [0, 0.1) is 29.1 Å². The Bertz CT molecular complexity index is 1580. The average molecular weight is 609 g/mol. The molecule has 6 nitrogen and oxygen atoms in total. The zero-order valence-corrected chi connectivity index (χ0v) is 21.5. The van der Waals surface area contributed by atoms with Crippen LogP contribution >= 0.6 is 0 Å². The molecule has 0 aromatic heterocycles. The lowest BCUT2D eigenvalue weighted by Gasteiger charge is -2.34. The topological polar surface area (TPSA) is 65.1 Å². The van der Waals surface area contributed by atoms with E-state index in [1.54, 1.807) is 4.90 Å². The first-order valence-electron chi connectivity index (χ1n) is 12.1. The lowest BCUT2D eigenvalue weighted by molar-refractivity contribution is -0.137. The first-order valence-corrected chi connectivity index (χ1v) is 13.5. The van der Waals surface area contributed by atoms with E-state index in [1.807, 2.05) is 0 Å². The molecule has 1 fully saturated rings. The van der Waals surface area contributed by atoms with E-state index in [1.165, 1.54) is 12.1 Å². The van der Waals surface area contributed by atoms with Crippen LogP contribution in [-0.4, -0.2) is 41.3 Å². The van der Waals surface area contributed by atoms with E-state index in [0.29, 0.717) is 49.5 Å². The first-order chi connectivity index (χ1) is 19.3. The van der Waals surface area contributed by atoms with Crippen LogP contribution in [0.3, 0.4) is 0 Å². The Labute approximate surface area is 228 Å². The number of alkyl halides is 3. The van der Waals surface area contributed by atoms with Gasteiger partial charge in [-0.25, -0.2) is 13.2 Å². The standard InChI is InChI=1S/C26H19F8NO5S/c27-20-21(28)23(30)25(24(31)22(20)29)40-41(36,37)14-2-4-17-15(5-8-39-19(17)12-14)16-3-1-13(26(32,33)34)11-18(16)35-6-9-38-10-7-35/h1-4,11-12,15H,5-10H2/t15-/m0/s1. The Morgan fingerprint density at radius 1 is 0.805 bits per heavy atom. The summed E-state index contributed by atoms with van der Waals surface area (Å²) in [4.78, 5) is 1.04. The molecule has 5 rings (SSSR count). The van der Waals surface area contributed by atoms with Crippen molar-refractivity contribution >= 4 is 15.8 Å². The summed E-state index contributed by atoms with van der Waals surface area (Å²) in [5, 5.41) is 0. The summed E-state index contributed by atoms with van der Waals surface area (Å²) < 4.78 is 150. The van der Waals surface area contributed by atoms with Crippen LogP contribution in [0.15, 0.2) is 41.3 Å². The van der Waals surface area contributed by atoms with Gasteiger partial charge in [0.1, 0.15) is 10.6 Å². The van der Waals surface area contributed by atoms with Crippen molar-refractivity contribution in [1.82, 2.24) is 0 Å². The van der Waals surface area contributed by atoms with E-state index in [0.717, 1.165) is 24.3 Å². The summed E-state index contributed by atoms with van der Waals surface area (Å²) in [6.45, 7) is 1.34. The summed E-state index contributed by atoms with van der Waals surface area (Å²) in [5.41, 5.74) is 0.410. The fraction of sp³-hybridized carbons (Fsp3) is 0.308. The second-order valence-electron chi connectivity index (χ2n) is 9.20. The molecule has 0 aliphatic carbocycles. The summed E-state index contributed by atoms with van der Waals surface area (Å²) in [7, 11) is -5.13. The molecule has 3 aromatic carbocycles. The summed E-state index contributed by atoms with van der Waals surface area (Å²) in [5.74, 6) is -14.8. The number of fused-ring (bicyclic) bond motifs is 1. The van der Waals surface area contributed by atoms with E-state index in [9.17, 15) is 43.5 Å². The van der Waals surface area contributed by atoms with Gasteiger partial charge < -0.3 is 18.6 Å². The lowest BCUT2D eigenvalue weighted by atomic mass is 9.85. The highest BCUT2D eigenvalue weighted by Crippen LogP contribution is 2.44. The third-order valence-corrected chi connectivity index (χ3v) is 7.98. The minimum Gasteiger partial charge on any atom is -0.493 e. The van der Waals surface area contributed by atoms with Gasteiger partial charge in [-0.1, -0.05) is 12.1 Å². The minimum atomic E-state index is -5.13. The van der Waals surface area contributed by atoms with Crippen molar-refractivity contribution in [2.24, 2.45) is 0 Å². The molecule has 1 atom stereocenters. The number of hydrogen-bond acceptors (Lipinski definition) is 6. The molecule has 0 amide bonds. The van der Waals surface area contributed by atoms with Crippen LogP contribution in [-0.2, 0) is 21.0 Å². The summed E-state index contributed by atoms with van der Waals surface area (Å²) in [6.07, 6.45) is -4.27. The van der Waals surface area contributed by atoms with Crippen LogP contribution in [0.5, 0.6) is 11.5 Å². The molecule has 0 bridgehead atoms. The predicted molar refractivity (Wildman–Crippen MR) is 127 cm³/mol. The van der Waals surface area contributed by atoms with Crippen molar-refractivity contribution in [2.75, 3.05) is 37.8 Å². The van der Waals surface area contributed by atoms with Crippen LogP contribution in [0.1, 0.15) is 29.0 Å². The Hall–Kier alpha value is -3.59. The van der Waals surface area contributed by atoms with Gasteiger partial charge in [-0.2, -0.15) is 30.4 Å². The molecule has 0 radical (unpaired) electrons. The smallest absolute Gasteiger partial charge is 0.416 e. The van der Waals surface area contributed by atoms with Crippen molar-refractivity contribution in [3.63, 3.8) is 0 Å². The Balaban J connectivity index is 1.52. The van der Waals surface area contributed by atoms with Crippen molar-refractivity contribution in [3.8, 4) is 11.5 Å². The maximum atomic E-state index is 14.0. The molecule has 220 valence electrons. The maximum Gasteiger partial charge on any atom is 0.416 e. The molecule has 0 N–H and O–H groups in total. The van der Waals surface area contributed by atoms with Crippen LogP contribution in [0.2, 0.25) is 0 Å². The number of morpholine rings is 1.